The fourth-order valence-electron chi connectivity index (χ4n) is 3.12. The number of fused-ring (bicyclic) bond motifs is 1. The summed E-state index contributed by atoms with van der Waals surface area (Å²) in [7, 11) is 0. The Bertz CT molecular complexity index is 744. The second-order valence-corrected chi connectivity index (χ2v) is 6.72. The Kier molecular flexibility index (Phi) is 4.50. The third-order valence-corrected chi connectivity index (χ3v) is 5.37. The lowest BCUT2D eigenvalue weighted by Crippen LogP contribution is -2.33. The summed E-state index contributed by atoms with van der Waals surface area (Å²) < 4.78 is 5.15. The van der Waals surface area contributed by atoms with E-state index in [1.54, 1.807) is 6.92 Å². The Morgan fingerprint density at radius 1 is 1.43 bits per heavy atom. The summed E-state index contributed by atoms with van der Waals surface area (Å²) in [5.41, 5.74) is 0.863. The number of hydrogen-bond donors (Lipinski definition) is 1. The Labute approximate surface area is 139 Å². The molecule has 3 heterocycles. The molecular weight excluding hydrogens is 314 g/mol. The van der Waals surface area contributed by atoms with Crippen molar-refractivity contribution in [2.45, 2.75) is 39.7 Å². The molecule has 0 radical (unpaired) electrons. The molecule has 1 atom stereocenters. The molecule has 3 rings (SSSR count). The van der Waals surface area contributed by atoms with Gasteiger partial charge in [0.05, 0.1) is 24.6 Å². The molecule has 1 aliphatic rings. The third-order valence-electron chi connectivity index (χ3n) is 4.20. The van der Waals surface area contributed by atoms with Gasteiger partial charge >= 0.3 is 5.97 Å². The number of aryl methyl sites for hydroxylation is 2. The molecule has 1 aliphatic heterocycles. The van der Waals surface area contributed by atoms with Crippen molar-refractivity contribution in [1.29, 1.82) is 0 Å². The van der Waals surface area contributed by atoms with Crippen LogP contribution in [0.4, 0.5) is 5.82 Å². The molecule has 1 saturated heterocycles. The average Bonchev–Trinajstić information content (AvgIpc) is 3.11. The lowest BCUT2D eigenvalue weighted by atomic mass is 10.1. The molecule has 0 saturated carbocycles. The third kappa shape index (κ3) is 2.79. The van der Waals surface area contributed by atoms with Gasteiger partial charge in [0.1, 0.15) is 21.3 Å². The SMILES string of the molecule is CCOC(=O)c1sc2nc(C)nc(N3CCC[C@@H]3CO)c2c1C. The zero-order chi connectivity index (χ0) is 16.6. The van der Waals surface area contributed by atoms with Crippen LogP contribution in [0, 0.1) is 13.8 Å². The number of aliphatic hydroxyl groups is 1. The molecule has 1 fully saturated rings. The topological polar surface area (TPSA) is 75.5 Å². The van der Waals surface area contributed by atoms with E-state index in [1.807, 2.05) is 13.8 Å². The van der Waals surface area contributed by atoms with Crippen molar-refractivity contribution in [2.75, 3.05) is 24.7 Å². The van der Waals surface area contributed by atoms with E-state index >= 15 is 0 Å². The van der Waals surface area contributed by atoms with E-state index in [0.29, 0.717) is 17.3 Å². The van der Waals surface area contributed by atoms with E-state index in [4.69, 9.17) is 4.74 Å². The Hall–Kier alpha value is -1.73. The minimum atomic E-state index is -0.309. The summed E-state index contributed by atoms with van der Waals surface area (Å²) in [6, 6.07) is 0.0813. The number of ether oxygens (including phenoxy) is 1. The second-order valence-electron chi connectivity index (χ2n) is 5.72. The smallest absolute Gasteiger partial charge is 0.348 e. The van der Waals surface area contributed by atoms with Crippen molar-refractivity contribution >= 4 is 33.3 Å². The van der Waals surface area contributed by atoms with Gasteiger partial charge in [-0.2, -0.15) is 0 Å². The average molecular weight is 335 g/mol. The Balaban J connectivity index is 2.16. The van der Waals surface area contributed by atoms with Crippen molar-refractivity contribution < 1.29 is 14.6 Å². The number of anilines is 1. The highest BCUT2D eigenvalue weighted by atomic mass is 32.1. The molecule has 0 bridgehead atoms. The van der Waals surface area contributed by atoms with Gasteiger partial charge < -0.3 is 14.7 Å². The molecule has 2 aromatic heterocycles. The summed E-state index contributed by atoms with van der Waals surface area (Å²) in [5.74, 6) is 1.19. The van der Waals surface area contributed by atoms with Crippen molar-refractivity contribution in [2.24, 2.45) is 0 Å². The molecule has 6 nitrogen and oxygen atoms in total. The number of aromatic nitrogens is 2. The summed E-state index contributed by atoms with van der Waals surface area (Å²) >= 11 is 1.35. The molecule has 1 N–H and O–H groups in total. The van der Waals surface area contributed by atoms with Crippen LogP contribution in [0.1, 0.15) is 40.8 Å². The fraction of sp³-hybridized carbons (Fsp3) is 0.562. The standard InChI is InChI=1S/C16H21N3O3S/c1-4-22-16(21)13-9(2)12-14(17-10(3)18-15(12)23-13)19-7-5-6-11(19)8-20/h11,20H,4-8H2,1-3H3/t11-/m1/s1. The molecular formula is C16H21N3O3S. The van der Waals surface area contributed by atoms with Gasteiger partial charge in [0.2, 0.25) is 0 Å². The van der Waals surface area contributed by atoms with Crippen LogP contribution in [0.3, 0.4) is 0 Å². The highest BCUT2D eigenvalue weighted by Gasteiger charge is 2.29. The molecule has 2 aromatic rings. The first kappa shape index (κ1) is 16.1. The number of nitrogens with zero attached hydrogens (tertiary/aromatic N) is 3. The van der Waals surface area contributed by atoms with E-state index < -0.39 is 0 Å². The lowest BCUT2D eigenvalue weighted by molar-refractivity contribution is 0.0531. The van der Waals surface area contributed by atoms with Gasteiger partial charge in [0.15, 0.2) is 0 Å². The van der Waals surface area contributed by atoms with Crippen molar-refractivity contribution in [3.8, 4) is 0 Å². The maximum atomic E-state index is 12.2. The van der Waals surface area contributed by atoms with Gasteiger partial charge in [-0.15, -0.1) is 11.3 Å². The van der Waals surface area contributed by atoms with E-state index in [0.717, 1.165) is 41.0 Å². The van der Waals surface area contributed by atoms with Gasteiger partial charge in [-0.1, -0.05) is 0 Å². The van der Waals surface area contributed by atoms with Crippen molar-refractivity contribution in [3.63, 3.8) is 0 Å². The molecule has 7 heteroatoms. The number of aliphatic hydroxyl groups excluding tert-OH is 1. The van der Waals surface area contributed by atoms with Crippen LogP contribution in [-0.4, -0.2) is 46.8 Å². The number of carbonyl (C=O) groups excluding carboxylic acids is 1. The van der Waals surface area contributed by atoms with Crippen LogP contribution < -0.4 is 4.90 Å². The number of hydrogen-bond acceptors (Lipinski definition) is 7. The van der Waals surface area contributed by atoms with Gasteiger partial charge in [-0.25, -0.2) is 14.8 Å². The van der Waals surface area contributed by atoms with Crippen LogP contribution in [0.15, 0.2) is 0 Å². The van der Waals surface area contributed by atoms with Gasteiger partial charge in [-0.05, 0) is 39.2 Å². The first-order valence-electron chi connectivity index (χ1n) is 7.89. The van der Waals surface area contributed by atoms with Crippen LogP contribution in [0.2, 0.25) is 0 Å². The predicted octanol–water partition coefficient (Wildman–Crippen LogP) is 2.45. The summed E-state index contributed by atoms with van der Waals surface area (Å²) in [6.07, 6.45) is 1.98. The molecule has 23 heavy (non-hydrogen) atoms. The van der Waals surface area contributed by atoms with E-state index in [2.05, 4.69) is 14.9 Å². The summed E-state index contributed by atoms with van der Waals surface area (Å²) in [5, 5.41) is 10.5. The summed E-state index contributed by atoms with van der Waals surface area (Å²) in [6.45, 7) is 6.89. The minimum absolute atomic E-state index is 0.0813. The highest BCUT2D eigenvalue weighted by molar-refractivity contribution is 7.20. The van der Waals surface area contributed by atoms with Crippen LogP contribution in [0.25, 0.3) is 10.2 Å². The first-order chi connectivity index (χ1) is 11.1. The van der Waals surface area contributed by atoms with Crippen LogP contribution >= 0.6 is 11.3 Å². The minimum Gasteiger partial charge on any atom is -0.462 e. The highest BCUT2D eigenvalue weighted by Crippen LogP contribution is 2.38. The molecule has 0 amide bonds. The van der Waals surface area contributed by atoms with E-state index in [-0.39, 0.29) is 18.6 Å². The number of carbonyl (C=O) groups is 1. The zero-order valence-electron chi connectivity index (χ0n) is 13.6. The lowest BCUT2D eigenvalue weighted by Gasteiger charge is -2.25. The van der Waals surface area contributed by atoms with Crippen LogP contribution in [-0.2, 0) is 4.74 Å². The quantitative estimate of drug-likeness (QED) is 0.865. The molecule has 0 unspecified atom stereocenters. The molecule has 0 spiro atoms. The number of thiophene rings is 1. The zero-order valence-corrected chi connectivity index (χ0v) is 14.4. The van der Waals surface area contributed by atoms with Crippen molar-refractivity contribution in [3.05, 3.63) is 16.3 Å². The molecule has 0 aliphatic carbocycles. The normalized spacial score (nSPS) is 17.9. The number of esters is 1. The second kappa shape index (κ2) is 6.41. The van der Waals surface area contributed by atoms with Gasteiger partial charge in [0, 0.05) is 6.54 Å². The predicted molar refractivity (Wildman–Crippen MR) is 90.3 cm³/mol. The van der Waals surface area contributed by atoms with E-state index in [9.17, 15) is 9.90 Å². The van der Waals surface area contributed by atoms with Crippen molar-refractivity contribution in [1.82, 2.24) is 9.97 Å². The maximum Gasteiger partial charge on any atom is 0.348 e. The van der Waals surface area contributed by atoms with E-state index in [1.165, 1.54) is 11.3 Å². The molecule has 0 aromatic carbocycles. The maximum absolute atomic E-state index is 12.2. The largest absolute Gasteiger partial charge is 0.462 e. The fourth-order valence-corrected chi connectivity index (χ4v) is 4.24. The van der Waals surface area contributed by atoms with Gasteiger partial charge in [-0.3, -0.25) is 0 Å². The number of rotatable bonds is 4. The Morgan fingerprint density at radius 3 is 2.91 bits per heavy atom. The summed E-state index contributed by atoms with van der Waals surface area (Å²) in [4.78, 5) is 24.8. The monoisotopic (exact) mass is 335 g/mol. The van der Waals surface area contributed by atoms with Gasteiger partial charge in [0.25, 0.3) is 0 Å². The molecule has 124 valence electrons. The van der Waals surface area contributed by atoms with Crippen LogP contribution in [0.5, 0.6) is 0 Å². The first-order valence-corrected chi connectivity index (χ1v) is 8.70. The Morgan fingerprint density at radius 2 is 2.22 bits per heavy atom.